The topological polar surface area (TPSA) is 51.2 Å². The molecule has 3 aromatic rings. The fourth-order valence-electron chi connectivity index (χ4n) is 3.26. The van der Waals surface area contributed by atoms with E-state index in [1.54, 1.807) is 50.6 Å². The molecule has 0 spiro atoms. The summed E-state index contributed by atoms with van der Waals surface area (Å²) in [6, 6.07) is 21.6. The molecule has 6 heteroatoms. The molecule has 1 N–H and O–H groups in total. The third-order valence-electron chi connectivity index (χ3n) is 4.89. The van der Waals surface area contributed by atoms with Gasteiger partial charge in [0, 0.05) is 25.2 Å². The Morgan fingerprint density at radius 2 is 1.39 bits per heavy atom. The molecular weight excluding hydrogens is 397 g/mol. The minimum Gasteiger partial charge on any atom is -0.497 e. The molecule has 0 saturated heterocycles. The summed E-state index contributed by atoms with van der Waals surface area (Å²) in [5, 5.41) is 10.6. The number of hydrogen-bond acceptors (Lipinski definition) is 5. The van der Waals surface area contributed by atoms with Crippen LogP contribution in [0.3, 0.4) is 0 Å². The van der Waals surface area contributed by atoms with Crippen LogP contribution in [-0.2, 0) is 13.1 Å². The van der Waals surface area contributed by atoms with E-state index in [4.69, 9.17) is 14.2 Å². The van der Waals surface area contributed by atoms with Gasteiger partial charge < -0.3 is 19.3 Å². The highest BCUT2D eigenvalue weighted by molar-refractivity contribution is 5.31. The van der Waals surface area contributed by atoms with Crippen LogP contribution in [0, 0.1) is 5.82 Å². The van der Waals surface area contributed by atoms with Gasteiger partial charge in [-0.2, -0.15) is 0 Å². The molecule has 1 atom stereocenters. The Balaban J connectivity index is 1.64. The highest BCUT2D eigenvalue weighted by Gasteiger charge is 2.16. The smallest absolute Gasteiger partial charge is 0.127 e. The second kappa shape index (κ2) is 11.3. The predicted molar refractivity (Wildman–Crippen MR) is 118 cm³/mol. The van der Waals surface area contributed by atoms with Crippen molar-refractivity contribution in [3.63, 3.8) is 0 Å². The number of halogens is 1. The van der Waals surface area contributed by atoms with E-state index < -0.39 is 6.10 Å². The molecule has 0 fully saturated rings. The van der Waals surface area contributed by atoms with Crippen molar-refractivity contribution in [1.29, 1.82) is 0 Å². The molecule has 0 heterocycles. The van der Waals surface area contributed by atoms with Gasteiger partial charge in [0.15, 0.2) is 0 Å². The molecule has 0 radical (unpaired) electrons. The van der Waals surface area contributed by atoms with Crippen LogP contribution in [0.4, 0.5) is 4.39 Å². The van der Waals surface area contributed by atoms with E-state index in [2.05, 4.69) is 0 Å². The summed E-state index contributed by atoms with van der Waals surface area (Å²) < 4.78 is 30.3. The maximum atomic E-state index is 14.2. The van der Waals surface area contributed by atoms with Crippen molar-refractivity contribution in [3.8, 4) is 17.2 Å². The average Bonchev–Trinajstić information content (AvgIpc) is 2.80. The highest BCUT2D eigenvalue weighted by atomic mass is 19.1. The van der Waals surface area contributed by atoms with Gasteiger partial charge in [-0.3, -0.25) is 4.90 Å². The molecule has 0 amide bonds. The third kappa shape index (κ3) is 6.98. The first-order valence-corrected chi connectivity index (χ1v) is 10.1. The van der Waals surface area contributed by atoms with E-state index in [0.717, 1.165) is 17.1 Å². The van der Waals surface area contributed by atoms with Crippen LogP contribution in [0.5, 0.6) is 17.2 Å². The molecule has 31 heavy (non-hydrogen) atoms. The zero-order valence-electron chi connectivity index (χ0n) is 17.8. The molecule has 0 bridgehead atoms. The van der Waals surface area contributed by atoms with Gasteiger partial charge in [-0.25, -0.2) is 4.39 Å². The summed E-state index contributed by atoms with van der Waals surface area (Å²) in [7, 11) is 3.23. The van der Waals surface area contributed by atoms with Gasteiger partial charge in [-0.1, -0.05) is 30.3 Å². The molecule has 0 aliphatic rings. The summed E-state index contributed by atoms with van der Waals surface area (Å²) in [6.45, 7) is 1.38. The van der Waals surface area contributed by atoms with E-state index in [1.165, 1.54) is 6.07 Å². The average molecular weight is 426 g/mol. The Morgan fingerprint density at radius 1 is 0.806 bits per heavy atom. The Morgan fingerprint density at radius 3 is 2.00 bits per heavy atom. The molecule has 0 unspecified atom stereocenters. The van der Waals surface area contributed by atoms with E-state index in [-0.39, 0.29) is 12.4 Å². The lowest BCUT2D eigenvalue weighted by Gasteiger charge is -2.25. The fourth-order valence-corrected chi connectivity index (χ4v) is 3.26. The number of aliphatic hydroxyl groups is 1. The van der Waals surface area contributed by atoms with E-state index in [9.17, 15) is 9.50 Å². The Labute approximate surface area is 182 Å². The van der Waals surface area contributed by atoms with Crippen LogP contribution in [-0.4, -0.2) is 43.5 Å². The molecule has 164 valence electrons. The number of ether oxygens (including phenoxy) is 3. The summed E-state index contributed by atoms with van der Waals surface area (Å²) in [5.41, 5.74) is 1.62. The summed E-state index contributed by atoms with van der Waals surface area (Å²) in [6.07, 6.45) is -0.743. The molecule has 0 aromatic heterocycles. The fraction of sp³-hybridized carbons (Fsp3) is 0.280. The Bertz CT molecular complexity index is 931. The zero-order valence-corrected chi connectivity index (χ0v) is 17.8. The second-order valence-electron chi connectivity index (χ2n) is 7.25. The number of rotatable bonds is 11. The van der Waals surface area contributed by atoms with Crippen molar-refractivity contribution in [1.82, 2.24) is 4.90 Å². The first kappa shape index (κ1) is 22.6. The Kier molecular flexibility index (Phi) is 8.27. The number of nitrogens with zero attached hydrogens (tertiary/aromatic N) is 1. The van der Waals surface area contributed by atoms with E-state index >= 15 is 0 Å². The van der Waals surface area contributed by atoms with Crippen molar-refractivity contribution in [2.45, 2.75) is 19.2 Å². The summed E-state index contributed by atoms with van der Waals surface area (Å²) >= 11 is 0. The zero-order chi connectivity index (χ0) is 22.1. The van der Waals surface area contributed by atoms with Gasteiger partial charge in [0.25, 0.3) is 0 Å². The molecule has 0 aliphatic carbocycles. The van der Waals surface area contributed by atoms with Crippen LogP contribution in [0.25, 0.3) is 0 Å². The molecule has 3 rings (SSSR count). The van der Waals surface area contributed by atoms with Crippen molar-refractivity contribution in [2.75, 3.05) is 27.4 Å². The monoisotopic (exact) mass is 425 g/mol. The van der Waals surface area contributed by atoms with Crippen molar-refractivity contribution in [2.24, 2.45) is 0 Å². The summed E-state index contributed by atoms with van der Waals surface area (Å²) in [5.74, 6) is 1.91. The highest BCUT2D eigenvalue weighted by Crippen LogP contribution is 2.19. The number of methoxy groups -OCH3 is 2. The lowest BCUT2D eigenvalue weighted by Crippen LogP contribution is -2.35. The maximum absolute atomic E-state index is 14.2. The maximum Gasteiger partial charge on any atom is 0.127 e. The first-order valence-electron chi connectivity index (χ1n) is 10.1. The largest absolute Gasteiger partial charge is 0.497 e. The molecule has 0 saturated carbocycles. The SMILES string of the molecule is COc1ccc(CN(Cc2ccccc2F)C[C@@H](O)COc2ccc(OC)cc2)cc1. The number of benzene rings is 3. The lowest BCUT2D eigenvalue weighted by molar-refractivity contribution is 0.0624. The van der Waals surface area contributed by atoms with Crippen molar-refractivity contribution in [3.05, 3.63) is 89.7 Å². The minimum absolute atomic E-state index is 0.128. The van der Waals surface area contributed by atoms with Gasteiger partial charge >= 0.3 is 0 Å². The normalized spacial score (nSPS) is 11.9. The molecule has 0 aliphatic heterocycles. The summed E-state index contributed by atoms with van der Waals surface area (Å²) in [4.78, 5) is 2.00. The molecule has 5 nitrogen and oxygen atoms in total. The molecular formula is C25H28FNO4. The third-order valence-corrected chi connectivity index (χ3v) is 4.89. The van der Waals surface area contributed by atoms with Crippen LogP contribution in [0.2, 0.25) is 0 Å². The van der Waals surface area contributed by atoms with Crippen molar-refractivity contribution < 1.29 is 23.7 Å². The Hall–Kier alpha value is -3.09. The van der Waals surface area contributed by atoms with Crippen molar-refractivity contribution >= 4 is 0 Å². The van der Waals surface area contributed by atoms with E-state index in [1.807, 2.05) is 35.2 Å². The van der Waals surface area contributed by atoms with E-state index in [0.29, 0.717) is 30.9 Å². The van der Waals surface area contributed by atoms with Crippen LogP contribution >= 0.6 is 0 Å². The standard InChI is InChI=1S/C25H28FNO4/c1-29-22-9-7-19(8-10-22)15-27(16-20-5-3-4-6-25(20)26)17-21(28)18-31-24-13-11-23(30-2)12-14-24/h3-14,21,28H,15-18H2,1-2H3/t21-/m1/s1. The van der Waals surface area contributed by atoms with Gasteiger partial charge in [-0.15, -0.1) is 0 Å². The number of aliphatic hydroxyl groups excluding tert-OH is 1. The number of hydrogen-bond donors (Lipinski definition) is 1. The van der Waals surface area contributed by atoms with Crippen LogP contribution in [0.1, 0.15) is 11.1 Å². The molecule has 3 aromatic carbocycles. The van der Waals surface area contributed by atoms with Gasteiger partial charge in [0.2, 0.25) is 0 Å². The first-order chi connectivity index (χ1) is 15.1. The van der Waals surface area contributed by atoms with Gasteiger partial charge in [-0.05, 0) is 48.0 Å². The minimum atomic E-state index is -0.743. The quantitative estimate of drug-likeness (QED) is 0.497. The van der Waals surface area contributed by atoms with Gasteiger partial charge in [0.1, 0.15) is 35.8 Å². The van der Waals surface area contributed by atoms with Crippen LogP contribution < -0.4 is 14.2 Å². The van der Waals surface area contributed by atoms with Crippen LogP contribution in [0.15, 0.2) is 72.8 Å². The van der Waals surface area contributed by atoms with Gasteiger partial charge in [0.05, 0.1) is 14.2 Å². The lowest BCUT2D eigenvalue weighted by atomic mass is 10.1. The second-order valence-corrected chi connectivity index (χ2v) is 7.25. The predicted octanol–water partition coefficient (Wildman–Crippen LogP) is 4.29.